The molecule has 0 spiro atoms. The van der Waals surface area contributed by atoms with E-state index < -0.39 is 0 Å². The second kappa shape index (κ2) is 5.31. The maximum Gasteiger partial charge on any atom is 0.0459 e. The van der Waals surface area contributed by atoms with Crippen LogP contribution in [0.4, 0.5) is 0 Å². The van der Waals surface area contributed by atoms with E-state index in [1.807, 2.05) is 0 Å². The van der Waals surface area contributed by atoms with Crippen LogP contribution in [-0.4, -0.2) is 18.8 Å². The highest BCUT2D eigenvalue weighted by Crippen LogP contribution is 2.34. The Morgan fingerprint density at radius 3 is 2.27 bits per heavy atom. The van der Waals surface area contributed by atoms with Gasteiger partial charge >= 0.3 is 0 Å². The van der Waals surface area contributed by atoms with E-state index in [0.29, 0.717) is 5.54 Å². The second-order valence-corrected chi connectivity index (χ2v) is 5.33. The molecule has 2 N–H and O–H groups in total. The van der Waals surface area contributed by atoms with E-state index >= 15 is 0 Å². The van der Waals surface area contributed by atoms with Crippen LogP contribution in [0.15, 0.2) is 0 Å². The molecular formula is C13H26N2. The van der Waals surface area contributed by atoms with E-state index in [1.54, 1.807) is 0 Å². The molecule has 0 aromatic carbocycles. The van der Waals surface area contributed by atoms with Crippen molar-refractivity contribution in [3.05, 3.63) is 0 Å². The molecule has 1 saturated heterocycles. The van der Waals surface area contributed by atoms with E-state index in [9.17, 15) is 0 Å². The van der Waals surface area contributed by atoms with Crippen molar-refractivity contribution < 1.29 is 0 Å². The summed E-state index contributed by atoms with van der Waals surface area (Å²) in [6.07, 6.45) is 11.5. The van der Waals surface area contributed by atoms with Crippen molar-refractivity contribution in [1.29, 1.82) is 0 Å². The summed E-state index contributed by atoms with van der Waals surface area (Å²) in [6.45, 7) is 4.55. The zero-order valence-corrected chi connectivity index (χ0v) is 10.1. The molecule has 0 amide bonds. The molecule has 0 aromatic heterocycles. The second-order valence-electron chi connectivity index (χ2n) is 5.33. The van der Waals surface area contributed by atoms with E-state index in [0.717, 1.165) is 12.6 Å². The van der Waals surface area contributed by atoms with Gasteiger partial charge in [0.15, 0.2) is 0 Å². The van der Waals surface area contributed by atoms with Crippen LogP contribution in [0.25, 0.3) is 0 Å². The Morgan fingerprint density at radius 2 is 1.73 bits per heavy atom. The van der Waals surface area contributed by atoms with Gasteiger partial charge in [0, 0.05) is 18.8 Å². The fourth-order valence-corrected chi connectivity index (χ4v) is 3.42. The lowest BCUT2D eigenvalue weighted by molar-refractivity contribution is 0.200. The standard InChI is InChI=1S/C13H26N2/c1-2-13(10-14-11-15-13)12-8-6-4-3-5-7-9-12/h12,14-15H,2-11H2,1H3. The molecule has 1 atom stereocenters. The molecule has 1 saturated carbocycles. The van der Waals surface area contributed by atoms with Gasteiger partial charge in [-0.25, -0.2) is 0 Å². The third-order valence-electron chi connectivity index (χ3n) is 4.52. The molecule has 0 aromatic rings. The highest BCUT2D eigenvalue weighted by atomic mass is 15.2. The van der Waals surface area contributed by atoms with Gasteiger partial charge in [0.1, 0.15) is 0 Å². The highest BCUT2D eigenvalue weighted by Gasteiger charge is 2.38. The Kier molecular flexibility index (Phi) is 4.04. The molecule has 2 nitrogen and oxygen atoms in total. The van der Waals surface area contributed by atoms with E-state index in [-0.39, 0.29) is 0 Å². The first-order chi connectivity index (χ1) is 7.37. The van der Waals surface area contributed by atoms with Gasteiger partial charge in [-0.15, -0.1) is 0 Å². The lowest BCUT2D eigenvalue weighted by atomic mass is 9.75. The summed E-state index contributed by atoms with van der Waals surface area (Å²) in [4.78, 5) is 0. The predicted molar refractivity (Wildman–Crippen MR) is 64.8 cm³/mol. The Morgan fingerprint density at radius 1 is 1.07 bits per heavy atom. The minimum Gasteiger partial charge on any atom is -0.303 e. The van der Waals surface area contributed by atoms with E-state index in [2.05, 4.69) is 17.6 Å². The van der Waals surface area contributed by atoms with Crippen LogP contribution in [0.5, 0.6) is 0 Å². The van der Waals surface area contributed by atoms with Gasteiger partial charge in [-0.3, -0.25) is 5.32 Å². The van der Waals surface area contributed by atoms with Crippen LogP contribution in [-0.2, 0) is 0 Å². The van der Waals surface area contributed by atoms with Crippen molar-refractivity contribution in [3.8, 4) is 0 Å². The predicted octanol–water partition coefficient (Wildman–Crippen LogP) is 2.65. The Hall–Kier alpha value is -0.0800. The zero-order chi connectivity index (χ0) is 10.6. The lowest BCUT2D eigenvalue weighted by Crippen LogP contribution is -2.49. The number of rotatable bonds is 2. The van der Waals surface area contributed by atoms with Crippen molar-refractivity contribution in [2.45, 2.75) is 63.8 Å². The molecule has 1 aliphatic heterocycles. The van der Waals surface area contributed by atoms with Crippen molar-refractivity contribution in [2.24, 2.45) is 5.92 Å². The molecule has 1 aliphatic carbocycles. The lowest BCUT2D eigenvalue weighted by Gasteiger charge is -2.37. The van der Waals surface area contributed by atoms with Gasteiger partial charge in [0.25, 0.3) is 0 Å². The number of nitrogens with one attached hydrogen (secondary N) is 2. The van der Waals surface area contributed by atoms with Crippen LogP contribution in [0.2, 0.25) is 0 Å². The smallest absolute Gasteiger partial charge is 0.0459 e. The summed E-state index contributed by atoms with van der Waals surface area (Å²) >= 11 is 0. The first-order valence-electron chi connectivity index (χ1n) is 6.83. The monoisotopic (exact) mass is 210 g/mol. The molecule has 1 unspecified atom stereocenters. The van der Waals surface area contributed by atoms with Crippen molar-refractivity contribution in [2.75, 3.05) is 13.2 Å². The largest absolute Gasteiger partial charge is 0.303 e. The summed E-state index contributed by atoms with van der Waals surface area (Å²) in [7, 11) is 0. The van der Waals surface area contributed by atoms with Crippen molar-refractivity contribution in [1.82, 2.24) is 10.6 Å². The molecule has 0 radical (unpaired) electrons. The van der Waals surface area contributed by atoms with Gasteiger partial charge in [0.2, 0.25) is 0 Å². The third-order valence-corrected chi connectivity index (χ3v) is 4.52. The van der Waals surface area contributed by atoms with E-state index in [4.69, 9.17) is 0 Å². The highest BCUT2D eigenvalue weighted by molar-refractivity contribution is 4.98. The van der Waals surface area contributed by atoms with Crippen LogP contribution in [0, 0.1) is 5.92 Å². The average Bonchev–Trinajstić information content (AvgIpc) is 2.67. The molecule has 1 heterocycles. The minimum atomic E-state index is 0.428. The maximum absolute atomic E-state index is 3.73. The number of hydrogen-bond donors (Lipinski definition) is 2. The number of hydrogen-bond acceptors (Lipinski definition) is 2. The molecular weight excluding hydrogens is 184 g/mol. The molecule has 15 heavy (non-hydrogen) atoms. The molecule has 2 aliphatic rings. The SMILES string of the molecule is CCC1(C2CCCCCCC2)CNCN1. The normalized spacial score (nSPS) is 35.0. The summed E-state index contributed by atoms with van der Waals surface area (Å²) in [6, 6.07) is 0. The minimum absolute atomic E-state index is 0.428. The van der Waals surface area contributed by atoms with Crippen LogP contribution in [0.1, 0.15) is 58.3 Å². The summed E-state index contributed by atoms with van der Waals surface area (Å²) in [5.74, 6) is 0.915. The Labute approximate surface area is 94.2 Å². The van der Waals surface area contributed by atoms with Gasteiger partial charge in [-0.05, 0) is 25.2 Å². The summed E-state index contributed by atoms with van der Waals surface area (Å²) in [5.41, 5.74) is 0.428. The Bertz CT molecular complexity index is 177. The molecule has 2 fully saturated rings. The Balaban J connectivity index is 1.98. The molecule has 0 bridgehead atoms. The van der Waals surface area contributed by atoms with Crippen molar-refractivity contribution in [3.63, 3.8) is 0 Å². The van der Waals surface area contributed by atoms with Crippen molar-refractivity contribution >= 4 is 0 Å². The molecule has 2 rings (SSSR count). The van der Waals surface area contributed by atoms with Gasteiger partial charge in [-0.2, -0.15) is 0 Å². The fourth-order valence-electron chi connectivity index (χ4n) is 3.42. The van der Waals surface area contributed by atoms with Crippen LogP contribution < -0.4 is 10.6 Å². The van der Waals surface area contributed by atoms with Gasteiger partial charge in [-0.1, -0.05) is 39.0 Å². The molecule has 88 valence electrons. The van der Waals surface area contributed by atoms with Crippen LogP contribution >= 0.6 is 0 Å². The quantitative estimate of drug-likeness (QED) is 0.732. The maximum atomic E-state index is 3.73. The first-order valence-corrected chi connectivity index (χ1v) is 6.83. The average molecular weight is 210 g/mol. The third kappa shape index (κ3) is 2.54. The van der Waals surface area contributed by atoms with Gasteiger partial charge in [0.05, 0.1) is 0 Å². The zero-order valence-electron chi connectivity index (χ0n) is 10.1. The van der Waals surface area contributed by atoms with Crippen LogP contribution in [0.3, 0.4) is 0 Å². The summed E-state index contributed by atoms with van der Waals surface area (Å²) in [5, 5.41) is 7.21. The van der Waals surface area contributed by atoms with E-state index in [1.165, 1.54) is 57.9 Å². The topological polar surface area (TPSA) is 24.1 Å². The fraction of sp³-hybridized carbons (Fsp3) is 1.00. The molecule has 2 heteroatoms. The summed E-state index contributed by atoms with van der Waals surface area (Å²) < 4.78 is 0. The van der Waals surface area contributed by atoms with Gasteiger partial charge < -0.3 is 5.32 Å². The first kappa shape index (κ1) is 11.4.